The minimum absolute atomic E-state index is 0.275. The van der Waals surface area contributed by atoms with E-state index in [1.54, 1.807) is 19.1 Å². The molecule has 0 saturated heterocycles. The van der Waals surface area contributed by atoms with Crippen molar-refractivity contribution in [2.45, 2.75) is 26.7 Å². The van der Waals surface area contributed by atoms with E-state index in [1.165, 1.54) is 18.9 Å². The van der Waals surface area contributed by atoms with Crippen molar-refractivity contribution in [2.24, 2.45) is 5.92 Å². The molecule has 1 fully saturated rings. The molecule has 1 aromatic rings. The number of aromatic carboxylic acids is 1. The number of carbonyl (C=O) groups is 1. The zero-order valence-corrected chi connectivity index (χ0v) is 9.16. The Labute approximate surface area is 89.9 Å². The number of benzene rings is 1. The Bertz CT molecular complexity index is 357. The van der Waals surface area contributed by atoms with Crippen LogP contribution in [0.5, 0.6) is 0 Å². The molecule has 0 unspecified atom stereocenters. The smallest absolute Gasteiger partial charge is 0.335 e. The molecule has 15 heavy (non-hydrogen) atoms. The SMILES string of the molecule is CC1CC1.Cc1cc(C(=O)O)ccc1N. The van der Waals surface area contributed by atoms with Gasteiger partial charge in [0.25, 0.3) is 0 Å². The first-order valence-corrected chi connectivity index (χ1v) is 5.10. The minimum Gasteiger partial charge on any atom is -0.478 e. The summed E-state index contributed by atoms with van der Waals surface area (Å²) in [4.78, 5) is 10.4. The lowest BCUT2D eigenvalue weighted by molar-refractivity contribution is 0.0697. The molecule has 1 saturated carbocycles. The molecule has 3 nitrogen and oxygen atoms in total. The predicted molar refractivity (Wildman–Crippen MR) is 60.9 cm³/mol. The molecule has 1 aromatic carbocycles. The molecule has 2 rings (SSSR count). The Balaban J connectivity index is 0.000000234. The standard InChI is InChI=1S/C8H9NO2.C4H8/c1-5-4-6(8(10)11)2-3-7(5)9;1-4-2-3-4/h2-4H,9H2,1H3,(H,10,11);4H,2-3H2,1H3. The van der Waals surface area contributed by atoms with E-state index in [2.05, 4.69) is 6.92 Å². The minimum atomic E-state index is -0.923. The molecule has 0 spiro atoms. The third-order valence-electron chi connectivity index (χ3n) is 2.38. The van der Waals surface area contributed by atoms with Gasteiger partial charge in [-0.25, -0.2) is 4.79 Å². The van der Waals surface area contributed by atoms with Crippen molar-refractivity contribution in [3.63, 3.8) is 0 Å². The Hall–Kier alpha value is -1.51. The first kappa shape index (κ1) is 11.6. The number of nitrogen functional groups attached to an aromatic ring is 1. The summed E-state index contributed by atoms with van der Waals surface area (Å²) in [6.45, 7) is 4.06. The molecule has 1 aliphatic rings. The maximum Gasteiger partial charge on any atom is 0.335 e. The van der Waals surface area contributed by atoms with Crippen molar-refractivity contribution in [1.29, 1.82) is 0 Å². The van der Waals surface area contributed by atoms with Gasteiger partial charge in [0.05, 0.1) is 5.56 Å². The van der Waals surface area contributed by atoms with Gasteiger partial charge in [0.1, 0.15) is 0 Å². The number of carboxylic acid groups (broad SMARTS) is 1. The van der Waals surface area contributed by atoms with Crippen LogP contribution in [0.4, 0.5) is 5.69 Å². The van der Waals surface area contributed by atoms with Gasteiger partial charge < -0.3 is 10.8 Å². The van der Waals surface area contributed by atoms with Gasteiger partial charge in [-0.05, 0) is 36.6 Å². The van der Waals surface area contributed by atoms with E-state index in [1.807, 2.05) is 0 Å². The fourth-order valence-corrected chi connectivity index (χ4v) is 0.975. The van der Waals surface area contributed by atoms with Crippen molar-refractivity contribution in [1.82, 2.24) is 0 Å². The summed E-state index contributed by atoms with van der Waals surface area (Å²) in [6.07, 6.45) is 2.97. The molecule has 3 heteroatoms. The van der Waals surface area contributed by atoms with Gasteiger partial charge in [-0.2, -0.15) is 0 Å². The average molecular weight is 207 g/mol. The van der Waals surface area contributed by atoms with Crippen molar-refractivity contribution < 1.29 is 9.90 Å². The topological polar surface area (TPSA) is 63.3 Å². The van der Waals surface area contributed by atoms with E-state index < -0.39 is 5.97 Å². The number of rotatable bonds is 1. The third kappa shape index (κ3) is 4.02. The van der Waals surface area contributed by atoms with Crippen molar-refractivity contribution in [3.8, 4) is 0 Å². The van der Waals surface area contributed by atoms with E-state index in [0.29, 0.717) is 5.69 Å². The number of hydrogen-bond acceptors (Lipinski definition) is 2. The van der Waals surface area contributed by atoms with Gasteiger partial charge in [-0.1, -0.05) is 19.8 Å². The number of anilines is 1. The van der Waals surface area contributed by atoms with Gasteiger partial charge in [0.2, 0.25) is 0 Å². The number of nitrogens with two attached hydrogens (primary N) is 1. The molecule has 1 aliphatic carbocycles. The van der Waals surface area contributed by atoms with Crippen molar-refractivity contribution in [3.05, 3.63) is 29.3 Å². The summed E-state index contributed by atoms with van der Waals surface area (Å²) in [5.74, 6) is 0.160. The molecule has 0 aromatic heterocycles. The van der Waals surface area contributed by atoms with Crippen LogP contribution < -0.4 is 5.73 Å². The summed E-state index contributed by atoms with van der Waals surface area (Å²) in [6, 6.07) is 4.64. The van der Waals surface area contributed by atoms with Gasteiger partial charge in [0.15, 0.2) is 0 Å². The second-order valence-electron chi connectivity index (χ2n) is 4.06. The van der Waals surface area contributed by atoms with Crippen LogP contribution in [0.3, 0.4) is 0 Å². The quantitative estimate of drug-likeness (QED) is 0.696. The second kappa shape index (κ2) is 4.82. The summed E-state index contributed by atoms with van der Waals surface area (Å²) >= 11 is 0. The average Bonchev–Trinajstić information content (AvgIpc) is 2.93. The van der Waals surface area contributed by atoms with Crippen LogP contribution in [0.2, 0.25) is 0 Å². The second-order valence-corrected chi connectivity index (χ2v) is 4.06. The Morgan fingerprint density at radius 3 is 2.33 bits per heavy atom. The molecule has 0 bridgehead atoms. The fourth-order valence-electron chi connectivity index (χ4n) is 0.975. The molecule has 0 amide bonds. The molecule has 0 heterocycles. The normalized spacial score (nSPS) is 14.0. The van der Waals surface area contributed by atoms with E-state index in [0.717, 1.165) is 11.5 Å². The zero-order chi connectivity index (χ0) is 11.4. The first-order valence-electron chi connectivity index (χ1n) is 5.10. The number of aryl methyl sites for hydroxylation is 1. The summed E-state index contributed by atoms with van der Waals surface area (Å²) < 4.78 is 0. The van der Waals surface area contributed by atoms with E-state index in [9.17, 15) is 4.79 Å². The lowest BCUT2D eigenvalue weighted by Gasteiger charge is -1.99. The monoisotopic (exact) mass is 207 g/mol. The highest BCUT2D eigenvalue weighted by Crippen LogP contribution is 2.26. The number of hydrogen-bond donors (Lipinski definition) is 2. The van der Waals surface area contributed by atoms with Crippen molar-refractivity contribution >= 4 is 11.7 Å². The van der Waals surface area contributed by atoms with Gasteiger partial charge in [0, 0.05) is 5.69 Å². The Morgan fingerprint density at radius 1 is 1.47 bits per heavy atom. The summed E-state index contributed by atoms with van der Waals surface area (Å²) in [5, 5.41) is 8.56. The molecule has 82 valence electrons. The maximum atomic E-state index is 10.4. The maximum absolute atomic E-state index is 10.4. The Kier molecular flexibility index (Phi) is 3.72. The Morgan fingerprint density at radius 2 is 2.00 bits per heavy atom. The summed E-state index contributed by atoms with van der Waals surface area (Å²) in [7, 11) is 0. The van der Waals surface area contributed by atoms with E-state index >= 15 is 0 Å². The zero-order valence-electron chi connectivity index (χ0n) is 9.16. The predicted octanol–water partition coefficient (Wildman–Crippen LogP) is 2.69. The molecule has 0 aliphatic heterocycles. The molecular weight excluding hydrogens is 190 g/mol. The van der Waals surface area contributed by atoms with Crippen LogP contribution in [-0.2, 0) is 0 Å². The van der Waals surface area contributed by atoms with Crippen LogP contribution in [0.15, 0.2) is 18.2 Å². The third-order valence-corrected chi connectivity index (χ3v) is 2.38. The number of carboxylic acids is 1. The largest absolute Gasteiger partial charge is 0.478 e. The lowest BCUT2D eigenvalue weighted by atomic mass is 10.1. The summed E-state index contributed by atoms with van der Waals surface area (Å²) in [5.41, 5.74) is 7.19. The fraction of sp³-hybridized carbons (Fsp3) is 0.417. The van der Waals surface area contributed by atoms with Gasteiger partial charge in [-0.15, -0.1) is 0 Å². The molecule has 3 N–H and O–H groups in total. The molecule has 0 atom stereocenters. The molecule has 0 radical (unpaired) electrons. The van der Waals surface area contributed by atoms with Crippen molar-refractivity contribution in [2.75, 3.05) is 5.73 Å². The van der Waals surface area contributed by atoms with Gasteiger partial charge >= 0.3 is 5.97 Å². The highest BCUT2D eigenvalue weighted by Gasteiger charge is 2.12. The van der Waals surface area contributed by atoms with E-state index in [-0.39, 0.29) is 5.56 Å². The highest BCUT2D eigenvalue weighted by atomic mass is 16.4. The first-order chi connectivity index (χ1) is 7.00. The lowest BCUT2D eigenvalue weighted by Crippen LogP contribution is -1.98. The van der Waals surface area contributed by atoms with Gasteiger partial charge in [-0.3, -0.25) is 0 Å². The van der Waals surface area contributed by atoms with Crippen LogP contribution in [0.1, 0.15) is 35.7 Å². The van der Waals surface area contributed by atoms with Crippen LogP contribution in [-0.4, -0.2) is 11.1 Å². The van der Waals surface area contributed by atoms with Crippen LogP contribution in [0.25, 0.3) is 0 Å². The van der Waals surface area contributed by atoms with Crippen LogP contribution >= 0.6 is 0 Å². The van der Waals surface area contributed by atoms with E-state index in [4.69, 9.17) is 10.8 Å². The van der Waals surface area contributed by atoms with Crippen LogP contribution in [0, 0.1) is 12.8 Å². The molecular formula is C12H17NO2. The highest BCUT2D eigenvalue weighted by molar-refractivity contribution is 5.88.